The Labute approximate surface area is 194 Å². The predicted molar refractivity (Wildman–Crippen MR) is 126 cm³/mol. The van der Waals surface area contributed by atoms with Crippen LogP contribution in [0.15, 0.2) is 59.5 Å². The van der Waals surface area contributed by atoms with Crippen LogP contribution in [-0.2, 0) is 9.84 Å². The molecular formula is C25H28O7S. The highest BCUT2D eigenvalue weighted by Crippen LogP contribution is 2.45. The Balaban J connectivity index is 2.35. The van der Waals surface area contributed by atoms with Gasteiger partial charge in [0.1, 0.15) is 11.0 Å². The van der Waals surface area contributed by atoms with Crippen molar-refractivity contribution >= 4 is 9.84 Å². The summed E-state index contributed by atoms with van der Waals surface area (Å²) >= 11 is 0. The summed E-state index contributed by atoms with van der Waals surface area (Å²) < 4.78 is 55.2. The van der Waals surface area contributed by atoms with Crippen molar-refractivity contribution < 1.29 is 32.1 Å². The summed E-state index contributed by atoms with van der Waals surface area (Å²) in [5.74, 6) is 2.07. The standard InChI is InChI=1S/C25H28O7S/c1-16-7-10-18(11-8-16)33(26,27)25(17-9-12-20(28-2)22(13-17)30-4)19-14-23(31-5)24(32-6)15-21(19)29-3/h7-15,25H,1-6H3. The second kappa shape index (κ2) is 10.0. The lowest BCUT2D eigenvalue weighted by molar-refractivity contribution is 0.347. The molecule has 0 aromatic heterocycles. The quantitative estimate of drug-likeness (QED) is 0.450. The summed E-state index contributed by atoms with van der Waals surface area (Å²) in [7, 11) is 3.59. The Morgan fingerprint density at radius 2 is 1.12 bits per heavy atom. The van der Waals surface area contributed by atoms with E-state index in [0.717, 1.165) is 5.56 Å². The predicted octanol–water partition coefficient (Wildman–Crippen LogP) is 4.60. The molecule has 0 amide bonds. The Kier molecular flexibility index (Phi) is 7.38. The molecule has 0 saturated carbocycles. The van der Waals surface area contributed by atoms with Gasteiger partial charge in [-0.05, 0) is 42.8 Å². The molecule has 0 bridgehead atoms. The summed E-state index contributed by atoms with van der Waals surface area (Å²) in [5.41, 5.74) is 1.85. The number of sulfone groups is 1. The molecule has 7 nitrogen and oxygen atoms in total. The van der Waals surface area contributed by atoms with Gasteiger partial charge in [-0.1, -0.05) is 23.8 Å². The fourth-order valence-corrected chi connectivity index (χ4v) is 5.47. The van der Waals surface area contributed by atoms with Crippen molar-refractivity contribution in [1.29, 1.82) is 0 Å². The van der Waals surface area contributed by atoms with Crippen LogP contribution in [0.2, 0.25) is 0 Å². The molecule has 3 aromatic carbocycles. The molecule has 0 radical (unpaired) electrons. The van der Waals surface area contributed by atoms with Crippen LogP contribution in [0.25, 0.3) is 0 Å². The van der Waals surface area contributed by atoms with E-state index in [-0.39, 0.29) is 4.90 Å². The summed E-state index contributed by atoms with van der Waals surface area (Å²) in [4.78, 5) is 0.185. The molecule has 0 heterocycles. The highest BCUT2D eigenvalue weighted by atomic mass is 32.2. The molecule has 0 fully saturated rings. The first-order valence-electron chi connectivity index (χ1n) is 10.1. The maximum atomic E-state index is 14.0. The van der Waals surface area contributed by atoms with Gasteiger partial charge in [-0.15, -0.1) is 0 Å². The van der Waals surface area contributed by atoms with Crippen molar-refractivity contribution in [3.8, 4) is 28.7 Å². The number of aryl methyl sites for hydroxylation is 1. The normalized spacial score (nSPS) is 12.1. The number of methoxy groups -OCH3 is 5. The molecular weight excluding hydrogens is 444 g/mol. The van der Waals surface area contributed by atoms with Gasteiger partial charge in [0.05, 0.1) is 40.4 Å². The number of benzene rings is 3. The summed E-state index contributed by atoms with van der Waals surface area (Å²) in [6.45, 7) is 1.90. The number of ether oxygens (including phenoxy) is 5. The van der Waals surface area contributed by atoms with E-state index < -0.39 is 15.1 Å². The molecule has 1 atom stereocenters. The van der Waals surface area contributed by atoms with E-state index in [4.69, 9.17) is 23.7 Å². The van der Waals surface area contributed by atoms with Crippen molar-refractivity contribution in [1.82, 2.24) is 0 Å². The average molecular weight is 473 g/mol. The van der Waals surface area contributed by atoms with Crippen molar-refractivity contribution in [3.63, 3.8) is 0 Å². The van der Waals surface area contributed by atoms with Gasteiger partial charge in [-0.25, -0.2) is 8.42 Å². The summed E-state index contributed by atoms with van der Waals surface area (Å²) in [5, 5.41) is -1.12. The molecule has 0 spiro atoms. The monoisotopic (exact) mass is 472 g/mol. The molecule has 0 N–H and O–H groups in total. The van der Waals surface area contributed by atoms with Gasteiger partial charge < -0.3 is 23.7 Å². The minimum Gasteiger partial charge on any atom is -0.496 e. The molecule has 0 aliphatic rings. The molecule has 0 aliphatic heterocycles. The van der Waals surface area contributed by atoms with E-state index >= 15 is 0 Å². The van der Waals surface area contributed by atoms with Crippen LogP contribution in [0.1, 0.15) is 21.9 Å². The minimum absolute atomic E-state index is 0.185. The minimum atomic E-state index is -3.92. The van der Waals surface area contributed by atoms with Gasteiger partial charge in [0, 0.05) is 11.6 Å². The molecule has 1 unspecified atom stereocenters. The maximum absolute atomic E-state index is 14.0. The highest BCUT2D eigenvalue weighted by molar-refractivity contribution is 7.92. The smallest absolute Gasteiger partial charge is 0.189 e. The van der Waals surface area contributed by atoms with Gasteiger partial charge >= 0.3 is 0 Å². The topological polar surface area (TPSA) is 80.3 Å². The average Bonchev–Trinajstić information content (AvgIpc) is 2.83. The van der Waals surface area contributed by atoms with Crippen LogP contribution in [0, 0.1) is 6.92 Å². The zero-order valence-corrected chi connectivity index (χ0v) is 20.4. The summed E-state index contributed by atoms with van der Waals surface area (Å²) in [6.07, 6.45) is 0. The Hall–Kier alpha value is -3.39. The molecule has 33 heavy (non-hydrogen) atoms. The third-order valence-electron chi connectivity index (χ3n) is 5.39. The first-order chi connectivity index (χ1) is 15.8. The number of hydrogen-bond donors (Lipinski definition) is 0. The van der Waals surface area contributed by atoms with Crippen LogP contribution in [0.3, 0.4) is 0 Å². The van der Waals surface area contributed by atoms with Crippen LogP contribution in [0.5, 0.6) is 28.7 Å². The van der Waals surface area contributed by atoms with E-state index in [0.29, 0.717) is 39.9 Å². The molecule has 3 rings (SSSR count). The van der Waals surface area contributed by atoms with Crippen LogP contribution in [0.4, 0.5) is 0 Å². The zero-order chi connectivity index (χ0) is 24.2. The number of hydrogen-bond acceptors (Lipinski definition) is 7. The van der Waals surface area contributed by atoms with E-state index in [1.807, 2.05) is 6.92 Å². The molecule has 0 saturated heterocycles. The van der Waals surface area contributed by atoms with Crippen molar-refractivity contribution in [2.24, 2.45) is 0 Å². The third kappa shape index (κ3) is 4.71. The first kappa shape index (κ1) is 24.3. The maximum Gasteiger partial charge on any atom is 0.189 e. The fourth-order valence-electron chi connectivity index (χ4n) is 3.66. The first-order valence-corrected chi connectivity index (χ1v) is 11.7. The van der Waals surface area contributed by atoms with Crippen molar-refractivity contribution in [3.05, 3.63) is 71.3 Å². The molecule has 3 aromatic rings. The Bertz CT molecular complexity index is 1220. The lowest BCUT2D eigenvalue weighted by Gasteiger charge is -2.23. The van der Waals surface area contributed by atoms with Gasteiger partial charge in [0.2, 0.25) is 0 Å². The van der Waals surface area contributed by atoms with Crippen molar-refractivity contribution in [2.45, 2.75) is 17.1 Å². The molecule has 0 aliphatic carbocycles. The van der Waals surface area contributed by atoms with Crippen LogP contribution >= 0.6 is 0 Å². The lowest BCUT2D eigenvalue weighted by atomic mass is 10.0. The summed E-state index contributed by atoms with van der Waals surface area (Å²) in [6, 6.07) is 15.0. The van der Waals surface area contributed by atoms with Crippen molar-refractivity contribution in [2.75, 3.05) is 35.5 Å². The van der Waals surface area contributed by atoms with E-state index in [2.05, 4.69) is 0 Å². The SMILES string of the molecule is COc1ccc(C(c2cc(OC)c(OC)cc2OC)S(=O)(=O)c2ccc(C)cc2)cc1OC. The largest absolute Gasteiger partial charge is 0.496 e. The van der Waals surface area contributed by atoms with Crippen LogP contribution in [-0.4, -0.2) is 44.0 Å². The fraction of sp³-hybridized carbons (Fsp3) is 0.280. The lowest BCUT2D eigenvalue weighted by Crippen LogP contribution is -2.17. The van der Waals surface area contributed by atoms with Gasteiger partial charge in [0.25, 0.3) is 0 Å². The van der Waals surface area contributed by atoms with Crippen LogP contribution < -0.4 is 23.7 Å². The van der Waals surface area contributed by atoms with Gasteiger partial charge in [0.15, 0.2) is 32.8 Å². The van der Waals surface area contributed by atoms with Gasteiger partial charge in [-0.3, -0.25) is 0 Å². The highest BCUT2D eigenvalue weighted by Gasteiger charge is 2.35. The van der Waals surface area contributed by atoms with E-state index in [1.54, 1.807) is 54.6 Å². The van der Waals surface area contributed by atoms with Gasteiger partial charge in [-0.2, -0.15) is 0 Å². The second-order valence-electron chi connectivity index (χ2n) is 7.30. The molecule has 176 valence electrons. The number of rotatable bonds is 9. The zero-order valence-electron chi connectivity index (χ0n) is 19.5. The Morgan fingerprint density at radius 1 is 0.606 bits per heavy atom. The second-order valence-corrected chi connectivity index (χ2v) is 9.33. The molecule has 8 heteroatoms. The van der Waals surface area contributed by atoms with E-state index in [1.165, 1.54) is 35.5 Å². The third-order valence-corrected chi connectivity index (χ3v) is 7.46. The Morgan fingerprint density at radius 3 is 1.67 bits per heavy atom. The van der Waals surface area contributed by atoms with E-state index in [9.17, 15) is 8.42 Å².